The summed E-state index contributed by atoms with van der Waals surface area (Å²) in [6, 6.07) is 1.55. The molecule has 0 atom stereocenters. The van der Waals surface area contributed by atoms with Crippen LogP contribution in [0.5, 0.6) is 5.88 Å². The van der Waals surface area contributed by atoms with E-state index in [0.717, 1.165) is 12.8 Å². The zero-order valence-electron chi connectivity index (χ0n) is 13.5. The Hall–Kier alpha value is -1.37. The molecular weight excluding hydrogens is 320 g/mol. The number of aliphatic hydroxyl groups excluding tert-OH is 1. The Balaban J connectivity index is 2.09. The third kappa shape index (κ3) is 4.80. The summed E-state index contributed by atoms with van der Waals surface area (Å²) in [5.41, 5.74) is 0.386. The number of pyridine rings is 1. The predicted octanol–water partition coefficient (Wildman–Crippen LogP) is 2.14. The Kier molecular flexibility index (Phi) is 6.62. The molecule has 0 aromatic carbocycles. The number of nitrogens with zero attached hydrogens (tertiary/aromatic N) is 2. The second-order valence-corrected chi connectivity index (χ2v) is 6.16. The molecule has 2 heterocycles. The smallest absolute Gasteiger partial charge is 0.255 e. The molecule has 0 unspecified atom stereocenters. The fraction of sp³-hybridized carbons (Fsp3) is 0.625. The molecule has 0 spiro atoms. The van der Waals surface area contributed by atoms with Crippen LogP contribution in [0.2, 0.25) is 5.02 Å². The molecule has 0 bridgehead atoms. The third-order valence-corrected chi connectivity index (χ3v) is 4.00. The van der Waals surface area contributed by atoms with Crippen molar-refractivity contribution in [2.24, 2.45) is 0 Å². The lowest BCUT2D eigenvalue weighted by Crippen LogP contribution is -2.39. The number of hydrogen-bond acceptors (Lipinski definition) is 5. The van der Waals surface area contributed by atoms with E-state index in [4.69, 9.17) is 26.2 Å². The Labute approximate surface area is 141 Å². The summed E-state index contributed by atoms with van der Waals surface area (Å²) in [5, 5.41) is 9.41. The van der Waals surface area contributed by atoms with E-state index in [1.165, 1.54) is 6.20 Å². The number of carbonyl (C=O) groups is 1. The lowest BCUT2D eigenvalue weighted by molar-refractivity contribution is 0.0237. The van der Waals surface area contributed by atoms with Gasteiger partial charge in [-0.3, -0.25) is 4.79 Å². The standard InChI is InChI=1S/C16H23ClN2O4/c1-11(2)19(5-6-20)16(21)12-9-14(17)15(18-10-12)23-13-3-7-22-8-4-13/h9-11,13,20H,3-8H2,1-2H3. The maximum atomic E-state index is 12.5. The van der Waals surface area contributed by atoms with Crippen molar-refractivity contribution in [1.82, 2.24) is 9.88 Å². The topological polar surface area (TPSA) is 71.9 Å². The van der Waals surface area contributed by atoms with Crippen molar-refractivity contribution in [3.05, 3.63) is 22.8 Å². The van der Waals surface area contributed by atoms with Crippen molar-refractivity contribution in [1.29, 1.82) is 0 Å². The first-order valence-electron chi connectivity index (χ1n) is 7.84. The van der Waals surface area contributed by atoms with Gasteiger partial charge in [0.05, 0.1) is 25.4 Å². The van der Waals surface area contributed by atoms with Crippen LogP contribution >= 0.6 is 11.6 Å². The lowest BCUT2D eigenvalue weighted by Gasteiger charge is -2.26. The van der Waals surface area contributed by atoms with Crippen LogP contribution < -0.4 is 4.74 Å². The maximum Gasteiger partial charge on any atom is 0.255 e. The summed E-state index contributed by atoms with van der Waals surface area (Å²) < 4.78 is 11.1. The van der Waals surface area contributed by atoms with Gasteiger partial charge in [-0.1, -0.05) is 11.6 Å². The van der Waals surface area contributed by atoms with Crippen LogP contribution in [0, 0.1) is 0 Å². The van der Waals surface area contributed by atoms with Crippen molar-refractivity contribution >= 4 is 17.5 Å². The number of aliphatic hydroxyl groups is 1. The molecule has 2 rings (SSSR count). The molecule has 1 aliphatic rings. The summed E-state index contributed by atoms with van der Waals surface area (Å²) in [5.74, 6) is 0.134. The quantitative estimate of drug-likeness (QED) is 0.857. The van der Waals surface area contributed by atoms with Crippen LogP contribution in [-0.4, -0.2) is 59.4 Å². The van der Waals surface area contributed by atoms with Crippen molar-refractivity contribution in [3.8, 4) is 5.88 Å². The summed E-state index contributed by atoms with van der Waals surface area (Å²) in [6.45, 7) is 5.31. The molecule has 1 N–H and O–H groups in total. The van der Waals surface area contributed by atoms with Crippen LogP contribution in [0.15, 0.2) is 12.3 Å². The maximum absolute atomic E-state index is 12.5. The van der Waals surface area contributed by atoms with Crippen molar-refractivity contribution in [2.45, 2.75) is 38.8 Å². The molecule has 1 fully saturated rings. The summed E-state index contributed by atoms with van der Waals surface area (Å²) in [4.78, 5) is 18.3. The second kappa shape index (κ2) is 8.47. The van der Waals surface area contributed by atoms with Gasteiger partial charge in [-0.25, -0.2) is 4.98 Å². The third-order valence-electron chi connectivity index (χ3n) is 3.73. The number of carbonyl (C=O) groups excluding carboxylic acids is 1. The van der Waals surface area contributed by atoms with Gasteiger partial charge in [0, 0.05) is 31.6 Å². The molecular formula is C16H23ClN2O4. The average molecular weight is 343 g/mol. The van der Waals surface area contributed by atoms with Crippen LogP contribution in [0.25, 0.3) is 0 Å². The summed E-state index contributed by atoms with van der Waals surface area (Å²) in [7, 11) is 0. The molecule has 1 aromatic rings. The second-order valence-electron chi connectivity index (χ2n) is 5.76. The molecule has 0 saturated carbocycles. The van der Waals surface area contributed by atoms with Gasteiger partial charge in [-0.2, -0.15) is 0 Å². The number of amides is 1. The van der Waals surface area contributed by atoms with Gasteiger partial charge in [0.1, 0.15) is 11.1 Å². The van der Waals surface area contributed by atoms with Crippen LogP contribution in [0.1, 0.15) is 37.0 Å². The summed E-state index contributed by atoms with van der Waals surface area (Å²) >= 11 is 6.22. The van der Waals surface area contributed by atoms with Gasteiger partial charge in [0.15, 0.2) is 0 Å². The number of aromatic nitrogens is 1. The number of hydrogen-bond donors (Lipinski definition) is 1. The molecule has 128 valence electrons. The van der Waals surface area contributed by atoms with Crippen LogP contribution in [0.4, 0.5) is 0 Å². The van der Waals surface area contributed by atoms with Crippen molar-refractivity contribution in [3.63, 3.8) is 0 Å². The molecule has 1 aliphatic heterocycles. The number of rotatable bonds is 6. The van der Waals surface area contributed by atoms with E-state index in [0.29, 0.717) is 29.7 Å². The largest absolute Gasteiger partial charge is 0.473 e. The Morgan fingerprint density at radius 1 is 1.52 bits per heavy atom. The molecule has 0 aliphatic carbocycles. The molecule has 23 heavy (non-hydrogen) atoms. The highest BCUT2D eigenvalue weighted by Gasteiger charge is 2.21. The first-order valence-corrected chi connectivity index (χ1v) is 8.22. The van der Waals surface area contributed by atoms with E-state index in [1.807, 2.05) is 13.8 Å². The molecule has 7 heteroatoms. The highest BCUT2D eigenvalue weighted by Crippen LogP contribution is 2.26. The van der Waals surface area contributed by atoms with E-state index < -0.39 is 0 Å². The highest BCUT2D eigenvalue weighted by atomic mass is 35.5. The molecule has 1 amide bonds. The summed E-state index contributed by atoms with van der Waals surface area (Å²) in [6.07, 6.45) is 3.11. The highest BCUT2D eigenvalue weighted by molar-refractivity contribution is 6.32. The Bertz CT molecular complexity index is 533. The minimum absolute atomic E-state index is 0.0217. The van der Waals surface area contributed by atoms with E-state index in [-0.39, 0.29) is 31.2 Å². The van der Waals surface area contributed by atoms with Crippen LogP contribution in [-0.2, 0) is 4.74 Å². The van der Waals surface area contributed by atoms with E-state index >= 15 is 0 Å². The number of ether oxygens (including phenoxy) is 2. The minimum atomic E-state index is -0.207. The Morgan fingerprint density at radius 2 is 2.22 bits per heavy atom. The monoisotopic (exact) mass is 342 g/mol. The molecule has 6 nitrogen and oxygen atoms in total. The average Bonchev–Trinajstić information content (AvgIpc) is 2.54. The molecule has 1 aromatic heterocycles. The van der Waals surface area contributed by atoms with Crippen molar-refractivity contribution in [2.75, 3.05) is 26.4 Å². The van der Waals surface area contributed by atoms with Gasteiger partial charge in [-0.15, -0.1) is 0 Å². The zero-order valence-corrected chi connectivity index (χ0v) is 14.3. The van der Waals surface area contributed by atoms with Gasteiger partial charge in [0.25, 0.3) is 5.91 Å². The van der Waals surface area contributed by atoms with Gasteiger partial charge >= 0.3 is 0 Å². The van der Waals surface area contributed by atoms with Crippen LogP contribution in [0.3, 0.4) is 0 Å². The molecule has 1 saturated heterocycles. The zero-order chi connectivity index (χ0) is 16.8. The molecule has 0 radical (unpaired) electrons. The Morgan fingerprint density at radius 3 is 2.78 bits per heavy atom. The van der Waals surface area contributed by atoms with Gasteiger partial charge in [-0.05, 0) is 19.9 Å². The first-order chi connectivity index (χ1) is 11.0. The number of halogens is 1. The van der Waals surface area contributed by atoms with Crippen molar-refractivity contribution < 1.29 is 19.4 Å². The van der Waals surface area contributed by atoms with Gasteiger partial charge < -0.3 is 19.5 Å². The first kappa shape index (κ1) is 18.0. The predicted molar refractivity (Wildman–Crippen MR) is 87.0 cm³/mol. The van der Waals surface area contributed by atoms with E-state index in [9.17, 15) is 4.79 Å². The minimum Gasteiger partial charge on any atom is -0.473 e. The van der Waals surface area contributed by atoms with Gasteiger partial charge in [0.2, 0.25) is 5.88 Å². The fourth-order valence-corrected chi connectivity index (χ4v) is 2.66. The van der Waals surface area contributed by atoms with E-state index in [1.54, 1.807) is 11.0 Å². The normalized spacial score (nSPS) is 15.7. The fourth-order valence-electron chi connectivity index (χ4n) is 2.45. The van der Waals surface area contributed by atoms with E-state index in [2.05, 4.69) is 4.98 Å². The SMILES string of the molecule is CC(C)N(CCO)C(=O)c1cnc(OC2CCOCC2)c(Cl)c1. The lowest BCUT2D eigenvalue weighted by atomic mass is 10.1.